The molecule has 1 aromatic heterocycles. The molecule has 1 atom stereocenters. The van der Waals surface area contributed by atoms with Crippen LogP contribution in [-0.4, -0.2) is 46.7 Å². The molecule has 114 valence electrons. The monoisotopic (exact) mass is 299 g/mol. The van der Waals surface area contributed by atoms with Crippen molar-refractivity contribution in [2.45, 2.75) is 18.9 Å². The van der Waals surface area contributed by atoms with Crippen LogP contribution in [0.4, 0.5) is 5.69 Å². The molecule has 3 saturated heterocycles. The standard InChI is InChI=1S/C15H17N5O2/c21-15(16-13-8-20-5-3-9(13)4-6-20)14-11-7-10(19-22)1-2-12(11)17-18-14/h1-2,7,9,13H,3-6,8H2,(H,16,21)(H,17,18)/t13-/m1/s1. The molecule has 3 fully saturated rings. The zero-order valence-electron chi connectivity index (χ0n) is 12.1. The van der Waals surface area contributed by atoms with Crippen LogP contribution in [0.2, 0.25) is 0 Å². The number of carbonyl (C=O) groups is 1. The van der Waals surface area contributed by atoms with Crippen molar-refractivity contribution >= 4 is 22.5 Å². The van der Waals surface area contributed by atoms with Crippen LogP contribution in [0.1, 0.15) is 23.3 Å². The van der Waals surface area contributed by atoms with E-state index in [4.69, 9.17) is 0 Å². The van der Waals surface area contributed by atoms with E-state index in [1.807, 2.05) is 0 Å². The van der Waals surface area contributed by atoms with E-state index in [1.165, 1.54) is 0 Å². The summed E-state index contributed by atoms with van der Waals surface area (Å²) in [6.07, 6.45) is 2.29. The molecule has 7 heteroatoms. The molecule has 7 nitrogen and oxygen atoms in total. The average Bonchev–Trinajstić information content (AvgIpc) is 2.99. The topological polar surface area (TPSA) is 90.5 Å². The zero-order valence-corrected chi connectivity index (χ0v) is 12.1. The van der Waals surface area contributed by atoms with Gasteiger partial charge in [-0.15, -0.1) is 4.91 Å². The number of amides is 1. The lowest BCUT2D eigenvalue weighted by Gasteiger charge is -2.44. The molecule has 2 bridgehead atoms. The van der Waals surface area contributed by atoms with Gasteiger partial charge in [-0.2, -0.15) is 5.10 Å². The van der Waals surface area contributed by atoms with E-state index < -0.39 is 0 Å². The first-order valence-electron chi connectivity index (χ1n) is 7.59. The van der Waals surface area contributed by atoms with Crippen molar-refractivity contribution in [3.63, 3.8) is 0 Å². The molecule has 0 radical (unpaired) electrons. The van der Waals surface area contributed by atoms with Crippen molar-refractivity contribution in [3.8, 4) is 0 Å². The Balaban J connectivity index is 1.59. The number of nitrogens with one attached hydrogen (secondary N) is 2. The highest BCUT2D eigenvalue weighted by Crippen LogP contribution is 2.28. The van der Waals surface area contributed by atoms with Gasteiger partial charge in [0.1, 0.15) is 5.69 Å². The maximum absolute atomic E-state index is 12.5. The van der Waals surface area contributed by atoms with E-state index in [1.54, 1.807) is 18.2 Å². The summed E-state index contributed by atoms with van der Waals surface area (Å²) in [7, 11) is 0. The molecular formula is C15H17N5O2. The van der Waals surface area contributed by atoms with Gasteiger partial charge in [-0.25, -0.2) is 0 Å². The number of benzene rings is 1. The Morgan fingerprint density at radius 3 is 2.86 bits per heavy atom. The molecule has 0 aliphatic carbocycles. The highest BCUT2D eigenvalue weighted by molar-refractivity contribution is 6.05. The molecule has 2 aromatic rings. The minimum absolute atomic E-state index is 0.187. The lowest BCUT2D eigenvalue weighted by Crippen LogP contribution is -2.57. The number of nitrogens with zero attached hydrogens (tertiary/aromatic N) is 3. The lowest BCUT2D eigenvalue weighted by atomic mass is 9.84. The molecule has 1 aromatic carbocycles. The summed E-state index contributed by atoms with van der Waals surface area (Å²) in [6.45, 7) is 3.19. The van der Waals surface area contributed by atoms with Crippen molar-refractivity contribution in [1.82, 2.24) is 20.4 Å². The van der Waals surface area contributed by atoms with Crippen molar-refractivity contribution in [1.29, 1.82) is 0 Å². The predicted octanol–water partition coefficient (Wildman–Crippen LogP) is 1.78. The molecule has 5 rings (SSSR count). The number of H-pyrrole nitrogens is 1. The number of aromatic amines is 1. The number of aromatic nitrogens is 2. The van der Waals surface area contributed by atoms with Crippen LogP contribution >= 0.6 is 0 Å². The molecule has 0 unspecified atom stereocenters. The minimum atomic E-state index is -0.187. The Hall–Kier alpha value is -2.28. The third kappa shape index (κ3) is 2.18. The van der Waals surface area contributed by atoms with Gasteiger partial charge in [-0.3, -0.25) is 9.89 Å². The fourth-order valence-electron chi connectivity index (χ4n) is 3.60. The van der Waals surface area contributed by atoms with Crippen molar-refractivity contribution in [2.24, 2.45) is 11.1 Å². The Morgan fingerprint density at radius 1 is 1.36 bits per heavy atom. The van der Waals surface area contributed by atoms with Crippen LogP contribution in [0.3, 0.4) is 0 Å². The van der Waals surface area contributed by atoms with Gasteiger partial charge in [-0.05, 0) is 55.2 Å². The molecule has 3 aliphatic rings. The smallest absolute Gasteiger partial charge is 0.272 e. The SMILES string of the molecule is O=Nc1ccc2[nH]nc(C(=O)N[C@@H]3CN4CCC3CC4)c2c1. The summed E-state index contributed by atoms with van der Waals surface area (Å²) in [6, 6.07) is 5.10. The fraction of sp³-hybridized carbons (Fsp3) is 0.467. The van der Waals surface area contributed by atoms with Crippen LogP contribution in [-0.2, 0) is 0 Å². The summed E-state index contributed by atoms with van der Waals surface area (Å²) < 4.78 is 0. The second-order valence-corrected chi connectivity index (χ2v) is 6.11. The Labute approximate surface area is 127 Å². The molecule has 2 N–H and O–H groups in total. The number of rotatable bonds is 3. The first kappa shape index (κ1) is 13.4. The highest BCUT2D eigenvalue weighted by atomic mass is 16.3. The Morgan fingerprint density at radius 2 is 2.18 bits per heavy atom. The van der Waals surface area contributed by atoms with Crippen LogP contribution in [0.15, 0.2) is 23.4 Å². The van der Waals surface area contributed by atoms with Gasteiger partial charge < -0.3 is 10.2 Å². The fourth-order valence-corrected chi connectivity index (χ4v) is 3.60. The molecule has 0 saturated carbocycles. The van der Waals surface area contributed by atoms with Gasteiger partial charge in [0.15, 0.2) is 5.69 Å². The maximum Gasteiger partial charge on any atom is 0.272 e. The Kier molecular flexibility index (Phi) is 3.15. The first-order valence-corrected chi connectivity index (χ1v) is 7.59. The average molecular weight is 299 g/mol. The quantitative estimate of drug-likeness (QED) is 0.845. The van der Waals surface area contributed by atoms with Gasteiger partial charge >= 0.3 is 0 Å². The summed E-state index contributed by atoms with van der Waals surface area (Å²) in [5, 5.41) is 13.6. The number of fused-ring (bicyclic) bond motifs is 4. The van der Waals surface area contributed by atoms with E-state index >= 15 is 0 Å². The van der Waals surface area contributed by atoms with Crippen molar-refractivity contribution in [2.75, 3.05) is 19.6 Å². The zero-order chi connectivity index (χ0) is 15.1. The van der Waals surface area contributed by atoms with Gasteiger partial charge in [0, 0.05) is 18.0 Å². The summed E-state index contributed by atoms with van der Waals surface area (Å²) in [5.41, 5.74) is 1.36. The summed E-state index contributed by atoms with van der Waals surface area (Å²) >= 11 is 0. The normalized spacial score (nSPS) is 27.0. The van der Waals surface area contributed by atoms with Crippen LogP contribution < -0.4 is 5.32 Å². The third-order valence-corrected chi connectivity index (χ3v) is 4.84. The number of carbonyl (C=O) groups excluding carboxylic acids is 1. The van der Waals surface area contributed by atoms with Gasteiger partial charge in [0.25, 0.3) is 5.91 Å². The number of piperidine rings is 3. The molecular weight excluding hydrogens is 282 g/mol. The lowest BCUT2D eigenvalue weighted by molar-refractivity contribution is 0.0618. The van der Waals surface area contributed by atoms with Gasteiger partial charge in [-0.1, -0.05) is 0 Å². The van der Waals surface area contributed by atoms with E-state index in [-0.39, 0.29) is 11.9 Å². The van der Waals surface area contributed by atoms with E-state index in [2.05, 4.69) is 25.6 Å². The summed E-state index contributed by atoms with van der Waals surface area (Å²) in [5.74, 6) is 0.374. The second-order valence-electron chi connectivity index (χ2n) is 6.11. The number of nitroso groups, excluding NO2 is 1. The van der Waals surface area contributed by atoms with Crippen LogP contribution in [0.5, 0.6) is 0 Å². The predicted molar refractivity (Wildman–Crippen MR) is 82.0 cm³/mol. The minimum Gasteiger partial charge on any atom is -0.346 e. The number of hydrogen-bond acceptors (Lipinski definition) is 5. The summed E-state index contributed by atoms with van der Waals surface area (Å²) in [4.78, 5) is 25.6. The molecule has 1 amide bonds. The van der Waals surface area contributed by atoms with Gasteiger partial charge in [0.05, 0.1) is 5.52 Å². The van der Waals surface area contributed by atoms with Crippen LogP contribution in [0, 0.1) is 10.8 Å². The highest BCUT2D eigenvalue weighted by Gasteiger charge is 2.35. The molecule has 0 spiro atoms. The largest absolute Gasteiger partial charge is 0.346 e. The van der Waals surface area contributed by atoms with Crippen molar-refractivity contribution in [3.05, 3.63) is 28.8 Å². The molecule has 3 aliphatic heterocycles. The van der Waals surface area contributed by atoms with E-state index in [0.29, 0.717) is 22.7 Å². The second kappa shape index (κ2) is 5.17. The third-order valence-electron chi connectivity index (χ3n) is 4.84. The Bertz CT molecular complexity index is 733. The van der Waals surface area contributed by atoms with E-state index in [9.17, 15) is 9.70 Å². The maximum atomic E-state index is 12.5. The molecule has 4 heterocycles. The number of hydrogen-bond donors (Lipinski definition) is 2. The van der Waals surface area contributed by atoms with Crippen molar-refractivity contribution < 1.29 is 4.79 Å². The van der Waals surface area contributed by atoms with Gasteiger partial charge in [0.2, 0.25) is 0 Å². The molecule has 22 heavy (non-hydrogen) atoms. The van der Waals surface area contributed by atoms with E-state index in [0.717, 1.165) is 38.0 Å². The van der Waals surface area contributed by atoms with Crippen LogP contribution in [0.25, 0.3) is 10.9 Å². The first-order chi connectivity index (χ1) is 10.7.